The van der Waals surface area contributed by atoms with Gasteiger partial charge in [-0.2, -0.15) is 0 Å². The average Bonchev–Trinajstić information content (AvgIpc) is 2.67. The molecule has 0 aliphatic carbocycles. The summed E-state index contributed by atoms with van der Waals surface area (Å²) < 4.78 is 0. The standard InChI is InChI=1S/C19H25N5O2/c1-14(2)23-7-9-24(10-8-23)18-13-20-17(12-21-18)16-5-3-15(4-6-16)11-22-19(25)26/h3-6,12-14,22H,7-11H2,1-2H3,(H,25,26). The zero-order valence-corrected chi connectivity index (χ0v) is 15.2. The van der Waals surface area contributed by atoms with Crippen molar-refractivity contribution in [3.05, 3.63) is 42.2 Å². The molecule has 1 aromatic carbocycles. The van der Waals surface area contributed by atoms with E-state index in [-0.39, 0.29) is 0 Å². The largest absolute Gasteiger partial charge is 0.465 e. The molecule has 0 atom stereocenters. The molecular weight excluding hydrogens is 330 g/mol. The number of hydrogen-bond donors (Lipinski definition) is 2. The Morgan fingerprint density at radius 1 is 1.12 bits per heavy atom. The minimum atomic E-state index is -1.02. The van der Waals surface area contributed by atoms with Crippen molar-refractivity contribution in [2.75, 3.05) is 31.1 Å². The van der Waals surface area contributed by atoms with Crippen LogP contribution in [0.5, 0.6) is 0 Å². The van der Waals surface area contributed by atoms with Gasteiger partial charge in [0, 0.05) is 44.3 Å². The number of carboxylic acid groups (broad SMARTS) is 1. The van der Waals surface area contributed by atoms with E-state index in [9.17, 15) is 4.79 Å². The van der Waals surface area contributed by atoms with Crippen LogP contribution in [-0.4, -0.2) is 58.3 Å². The van der Waals surface area contributed by atoms with Gasteiger partial charge in [-0.05, 0) is 19.4 Å². The fourth-order valence-corrected chi connectivity index (χ4v) is 3.07. The number of anilines is 1. The van der Waals surface area contributed by atoms with Crippen molar-refractivity contribution in [2.45, 2.75) is 26.4 Å². The lowest BCUT2D eigenvalue weighted by atomic mass is 10.1. The molecule has 1 saturated heterocycles. The minimum Gasteiger partial charge on any atom is -0.465 e. The van der Waals surface area contributed by atoms with Crippen molar-refractivity contribution in [3.63, 3.8) is 0 Å². The van der Waals surface area contributed by atoms with E-state index < -0.39 is 6.09 Å². The second kappa shape index (κ2) is 8.14. The van der Waals surface area contributed by atoms with Gasteiger partial charge in [0.25, 0.3) is 0 Å². The average molecular weight is 355 g/mol. The molecule has 3 rings (SSSR count). The third-order valence-corrected chi connectivity index (χ3v) is 4.70. The third-order valence-electron chi connectivity index (χ3n) is 4.70. The molecule has 26 heavy (non-hydrogen) atoms. The number of piperazine rings is 1. The highest BCUT2D eigenvalue weighted by molar-refractivity contribution is 5.64. The normalized spacial score (nSPS) is 15.3. The SMILES string of the molecule is CC(C)N1CCN(c2cnc(-c3ccc(CNC(=O)O)cc3)cn2)CC1. The Hall–Kier alpha value is -2.67. The van der Waals surface area contributed by atoms with Crippen LogP contribution in [0, 0.1) is 0 Å². The van der Waals surface area contributed by atoms with Gasteiger partial charge in [-0.3, -0.25) is 9.88 Å². The number of hydrogen-bond acceptors (Lipinski definition) is 5. The van der Waals surface area contributed by atoms with Crippen LogP contribution in [0.25, 0.3) is 11.3 Å². The number of benzene rings is 1. The van der Waals surface area contributed by atoms with E-state index in [1.165, 1.54) is 0 Å². The monoisotopic (exact) mass is 355 g/mol. The molecular formula is C19H25N5O2. The molecule has 1 fully saturated rings. The highest BCUT2D eigenvalue weighted by Gasteiger charge is 2.19. The van der Waals surface area contributed by atoms with Gasteiger partial charge in [-0.1, -0.05) is 24.3 Å². The van der Waals surface area contributed by atoms with Crippen molar-refractivity contribution in [3.8, 4) is 11.3 Å². The molecule has 0 bridgehead atoms. The molecule has 0 radical (unpaired) electrons. The fraction of sp³-hybridized carbons (Fsp3) is 0.421. The van der Waals surface area contributed by atoms with Crippen molar-refractivity contribution < 1.29 is 9.90 Å². The summed E-state index contributed by atoms with van der Waals surface area (Å²) in [6, 6.07) is 8.24. The summed E-state index contributed by atoms with van der Waals surface area (Å²) in [5.74, 6) is 0.916. The Bertz CT molecular complexity index is 723. The van der Waals surface area contributed by atoms with Gasteiger partial charge in [-0.15, -0.1) is 0 Å². The third kappa shape index (κ3) is 4.49. The first-order valence-corrected chi connectivity index (χ1v) is 8.90. The van der Waals surface area contributed by atoms with Gasteiger partial charge >= 0.3 is 6.09 Å². The molecule has 0 unspecified atom stereocenters. The van der Waals surface area contributed by atoms with E-state index in [0.717, 1.165) is 48.8 Å². The smallest absolute Gasteiger partial charge is 0.404 e. The van der Waals surface area contributed by atoms with Gasteiger partial charge in [-0.25, -0.2) is 9.78 Å². The zero-order chi connectivity index (χ0) is 18.5. The van der Waals surface area contributed by atoms with Crippen LogP contribution >= 0.6 is 0 Å². The van der Waals surface area contributed by atoms with Crippen LogP contribution in [-0.2, 0) is 6.54 Å². The first kappa shape index (κ1) is 18.1. The maximum atomic E-state index is 10.5. The molecule has 1 amide bonds. The summed E-state index contributed by atoms with van der Waals surface area (Å²) in [5, 5.41) is 11.0. The molecule has 1 aromatic heterocycles. The predicted octanol–water partition coefficient (Wildman–Crippen LogP) is 2.44. The van der Waals surface area contributed by atoms with Gasteiger partial charge in [0.2, 0.25) is 0 Å². The van der Waals surface area contributed by atoms with E-state index in [2.05, 4.69) is 38.9 Å². The zero-order valence-electron chi connectivity index (χ0n) is 15.2. The van der Waals surface area contributed by atoms with Crippen LogP contribution in [0.4, 0.5) is 10.6 Å². The lowest BCUT2D eigenvalue weighted by Crippen LogP contribution is -2.49. The number of nitrogens with one attached hydrogen (secondary N) is 1. The molecule has 1 aliphatic heterocycles. The highest BCUT2D eigenvalue weighted by Crippen LogP contribution is 2.20. The fourth-order valence-electron chi connectivity index (χ4n) is 3.07. The molecule has 7 heteroatoms. The first-order valence-electron chi connectivity index (χ1n) is 8.90. The number of amides is 1. The summed E-state index contributed by atoms with van der Waals surface area (Å²) in [5.41, 5.74) is 2.68. The van der Waals surface area contributed by atoms with Gasteiger partial charge < -0.3 is 15.3 Å². The van der Waals surface area contributed by atoms with E-state index in [1.807, 2.05) is 30.5 Å². The number of aromatic nitrogens is 2. The maximum absolute atomic E-state index is 10.5. The van der Waals surface area contributed by atoms with E-state index in [4.69, 9.17) is 5.11 Å². The highest BCUT2D eigenvalue weighted by atomic mass is 16.4. The van der Waals surface area contributed by atoms with Crippen LogP contribution < -0.4 is 10.2 Å². The number of carbonyl (C=O) groups is 1. The number of rotatable bonds is 5. The van der Waals surface area contributed by atoms with Gasteiger partial charge in [0.05, 0.1) is 18.1 Å². The molecule has 0 spiro atoms. The second-order valence-corrected chi connectivity index (χ2v) is 6.73. The predicted molar refractivity (Wildman–Crippen MR) is 101 cm³/mol. The summed E-state index contributed by atoms with van der Waals surface area (Å²) in [7, 11) is 0. The molecule has 138 valence electrons. The van der Waals surface area contributed by atoms with E-state index >= 15 is 0 Å². The summed E-state index contributed by atoms with van der Waals surface area (Å²) in [6.07, 6.45) is 2.61. The molecule has 0 saturated carbocycles. The first-order chi connectivity index (χ1) is 12.5. The number of nitrogens with zero attached hydrogens (tertiary/aromatic N) is 4. The molecule has 1 aliphatic rings. The Morgan fingerprint density at radius 3 is 2.35 bits per heavy atom. The van der Waals surface area contributed by atoms with Crippen LogP contribution in [0.2, 0.25) is 0 Å². The van der Waals surface area contributed by atoms with Crippen LogP contribution in [0.3, 0.4) is 0 Å². The quantitative estimate of drug-likeness (QED) is 0.857. The van der Waals surface area contributed by atoms with Crippen molar-refractivity contribution in [1.82, 2.24) is 20.2 Å². The van der Waals surface area contributed by atoms with Gasteiger partial charge in [0.1, 0.15) is 5.82 Å². The minimum absolute atomic E-state index is 0.294. The Morgan fingerprint density at radius 2 is 1.81 bits per heavy atom. The van der Waals surface area contributed by atoms with Crippen LogP contribution in [0.15, 0.2) is 36.7 Å². The van der Waals surface area contributed by atoms with Crippen LogP contribution in [0.1, 0.15) is 19.4 Å². The maximum Gasteiger partial charge on any atom is 0.404 e. The summed E-state index contributed by atoms with van der Waals surface area (Å²) in [4.78, 5) is 24.4. The van der Waals surface area contributed by atoms with Crippen molar-refractivity contribution in [1.29, 1.82) is 0 Å². The van der Waals surface area contributed by atoms with E-state index in [1.54, 1.807) is 6.20 Å². The lowest BCUT2D eigenvalue weighted by Gasteiger charge is -2.37. The summed E-state index contributed by atoms with van der Waals surface area (Å²) >= 11 is 0. The lowest BCUT2D eigenvalue weighted by molar-refractivity contribution is 0.194. The molecule has 2 aromatic rings. The Labute approximate surface area is 153 Å². The second-order valence-electron chi connectivity index (χ2n) is 6.73. The Balaban J connectivity index is 1.62. The molecule has 2 heterocycles. The Kier molecular flexibility index (Phi) is 5.68. The van der Waals surface area contributed by atoms with E-state index in [0.29, 0.717) is 12.6 Å². The topological polar surface area (TPSA) is 81.6 Å². The van der Waals surface area contributed by atoms with Crippen molar-refractivity contribution >= 4 is 11.9 Å². The van der Waals surface area contributed by atoms with Gasteiger partial charge in [0.15, 0.2) is 0 Å². The van der Waals surface area contributed by atoms with Crippen molar-refractivity contribution in [2.24, 2.45) is 0 Å². The molecule has 7 nitrogen and oxygen atoms in total. The molecule has 2 N–H and O–H groups in total. The summed E-state index contributed by atoms with van der Waals surface area (Å²) in [6.45, 7) is 8.79.